The number of rotatable bonds is 7. The Morgan fingerprint density at radius 2 is 1.60 bits per heavy atom. The Bertz CT molecular complexity index is 156. The lowest BCUT2D eigenvalue weighted by Gasteiger charge is -2.36. The van der Waals surface area contributed by atoms with E-state index in [-0.39, 0.29) is 0 Å². The van der Waals surface area contributed by atoms with Gasteiger partial charge in [-0.05, 0) is 32.6 Å². The van der Waals surface area contributed by atoms with Crippen molar-refractivity contribution in [3.8, 4) is 0 Å². The Morgan fingerprint density at radius 1 is 1.13 bits per heavy atom. The zero-order valence-corrected chi connectivity index (χ0v) is 11.4. The fraction of sp³-hybridized carbons (Fsp3) is 1.00. The first-order valence-electron chi connectivity index (χ1n) is 6.26. The smallest absolute Gasteiger partial charge is 0.0718 e. The maximum absolute atomic E-state index is 9.90. The van der Waals surface area contributed by atoms with Gasteiger partial charge in [0.25, 0.3) is 0 Å². The molecule has 0 aromatic carbocycles. The lowest BCUT2D eigenvalue weighted by atomic mass is 10.0. The highest BCUT2D eigenvalue weighted by Gasteiger charge is 2.23. The van der Waals surface area contributed by atoms with Crippen LogP contribution in [-0.4, -0.2) is 34.7 Å². The Balaban J connectivity index is 4.42. The average Bonchev–Trinajstić information content (AvgIpc) is 2.01. The van der Waals surface area contributed by atoms with Crippen LogP contribution in [0.25, 0.3) is 0 Å². The van der Waals surface area contributed by atoms with Gasteiger partial charge in [-0.1, -0.05) is 27.7 Å². The van der Waals surface area contributed by atoms with Crippen LogP contribution in [0, 0.1) is 5.92 Å². The van der Waals surface area contributed by atoms with E-state index >= 15 is 0 Å². The van der Waals surface area contributed by atoms with Gasteiger partial charge in [0.15, 0.2) is 0 Å². The summed E-state index contributed by atoms with van der Waals surface area (Å²) in [5.41, 5.74) is -0.586. The van der Waals surface area contributed by atoms with Crippen molar-refractivity contribution in [1.82, 2.24) is 4.90 Å². The SMILES string of the molecule is CCC(CC)N(CC(C)C)CC(C)(C)O. The Hall–Kier alpha value is -0.0800. The van der Waals surface area contributed by atoms with Crippen LogP contribution in [-0.2, 0) is 0 Å². The first-order valence-corrected chi connectivity index (χ1v) is 6.26. The van der Waals surface area contributed by atoms with Gasteiger partial charge in [-0.15, -0.1) is 0 Å². The summed E-state index contributed by atoms with van der Waals surface area (Å²) in [6, 6.07) is 0.610. The van der Waals surface area contributed by atoms with E-state index in [2.05, 4.69) is 32.6 Å². The van der Waals surface area contributed by atoms with Crippen molar-refractivity contribution in [3.63, 3.8) is 0 Å². The van der Waals surface area contributed by atoms with Crippen LogP contribution < -0.4 is 0 Å². The average molecular weight is 215 g/mol. The lowest BCUT2D eigenvalue weighted by Crippen LogP contribution is -2.45. The predicted molar refractivity (Wildman–Crippen MR) is 67.1 cm³/mol. The van der Waals surface area contributed by atoms with Gasteiger partial charge in [0, 0.05) is 19.1 Å². The zero-order valence-electron chi connectivity index (χ0n) is 11.4. The number of aliphatic hydroxyl groups is 1. The van der Waals surface area contributed by atoms with Crippen LogP contribution in [0.5, 0.6) is 0 Å². The normalized spacial score (nSPS) is 13.2. The Morgan fingerprint density at radius 3 is 1.87 bits per heavy atom. The molecule has 0 atom stereocenters. The summed E-state index contributed by atoms with van der Waals surface area (Å²) in [5.74, 6) is 0.660. The van der Waals surface area contributed by atoms with E-state index in [0.717, 1.165) is 13.1 Å². The zero-order chi connectivity index (χ0) is 12.1. The largest absolute Gasteiger partial charge is 0.389 e. The topological polar surface area (TPSA) is 23.5 Å². The van der Waals surface area contributed by atoms with Gasteiger partial charge in [0.2, 0.25) is 0 Å². The minimum absolute atomic E-state index is 0.586. The summed E-state index contributed by atoms with van der Waals surface area (Å²) in [7, 11) is 0. The number of hydrogen-bond donors (Lipinski definition) is 1. The lowest BCUT2D eigenvalue weighted by molar-refractivity contribution is 0.0145. The van der Waals surface area contributed by atoms with E-state index in [1.807, 2.05) is 13.8 Å². The van der Waals surface area contributed by atoms with Crippen LogP contribution in [0.2, 0.25) is 0 Å². The van der Waals surface area contributed by atoms with Crippen LogP contribution in [0.1, 0.15) is 54.4 Å². The second kappa shape index (κ2) is 6.49. The molecule has 0 bridgehead atoms. The van der Waals surface area contributed by atoms with E-state index < -0.39 is 5.60 Å². The third-order valence-electron chi connectivity index (χ3n) is 2.65. The van der Waals surface area contributed by atoms with E-state index in [0.29, 0.717) is 12.0 Å². The first kappa shape index (κ1) is 14.9. The van der Waals surface area contributed by atoms with Gasteiger partial charge >= 0.3 is 0 Å². The molecule has 2 heteroatoms. The summed E-state index contributed by atoms with van der Waals surface area (Å²) >= 11 is 0. The van der Waals surface area contributed by atoms with Crippen LogP contribution in [0.3, 0.4) is 0 Å². The highest BCUT2D eigenvalue weighted by molar-refractivity contribution is 4.78. The van der Waals surface area contributed by atoms with Gasteiger partial charge in [0.1, 0.15) is 0 Å². The molecule has 0 heterocycles. The second-order valence-corrected chi connectivity index (χ2v) is 5.61. The molecule has 0 saturated carbocycles. The summed E-state index contributed by atoms with van der Waals surface area (Å²) in [6.45, 7) is 14.6. The van der Waals surface area contributed by atoms with E-state index in [9.17, 15) is 5.11 Å². The predicted octanol–water partition coefficient (Wildman–Crippen LogP) is 2.90. The quantitative estimate of drug-likeness (QED) is 0.706. The van der Waals surface area contributed by atoms with Crippen molar-refractivity contribution < 1.29 is 5.11 Å². The minimum atomic E-state index is -0.586. The van der Waals surface area contributed by atoms with Gasteiger partial charge in [-0.3, -0.25) is 4.90 Å². The fourth-order valence-corrected chi connectivity index (χ4v) is 2.11. The molecule has 0 rings (SSSR count). The van der Waals surface area contributed by atoms with Crippen molar-refractivity contribution in [1.29, 1.82) is 0 Å². The molecule has 0 aromatic rings. The second-order valence-electron chi connectivity index (χ2n) is 5.61. The molecule has 2 nitrogen and oxygen atoms in total. The third-order valence-corrected chi connectivity index (χ3v) is 2.65. The molecule has 0 fully saturated rings. The Labute approximate surface area is 95.7 Å². The fourth-order valence-electron chi connectivity index (χ4n) is 2.11. The maximum atomic E-state index is 9.90. The molecule has 0 aliphatic heterocycles. The van der Waals surface area contributed by atoms with Crippen molar-refractivity contribution in [2.24, 2.45) is 5.92 Å². The molecule has 0 radical (unpaired) electrons. The van der Waals surface area contributed by atoms with Crippen molar-refractivity contribution in [2.45, 2.75) is 66.0 Å². The molecule has 92 valence electrons. The molecule has 0 amide bonds. The molecular weight excluding hydrogens is 186 g/mol. The van der Waals surface area contributed by atoms with Gasteiger partial charge < -0.3 is 5.11 Å². The highest BCUT2D eigenvalue weighted by Crippen LogP contribution is 2.15. The van der Waals surface area contributed by atoms with Gasteiger partial charge in [-0.25, -0.2) is 0 Å². The number of nitrogens with zero attached hydrogens (tertiary/aromatic N) is 1. The summed E-state index contributed by atoms with van der Waals surface area (Å²) in [5, 5.41) is 9.90. The molecular formula is C13H29NO. The standard InChI is InChI=1S/C13H29NO/c1-7-12(8-2)14(9-11(3)4)10-13(5,6)15/h11-12,15H,7-10H2,1-6H3. The van der Waals surface area contributed by atoms with Crippen molar-refractivity contribution >= 4 is 0 Å². The van der Waals surface area contributed by atoms with E-state index in [1.54, 1.807) is 0 Å². The van der Waals surface area contributed by atoms with Crippen LogP contribution in [0.4, 0.5) is 0 Å². The Kier molecular flexibility index (Phi) is 6.46. The molecule has 0 aliphatic carbocycles. The molecule has 15 heavy (non-hydrogen) atoms. The molecule has 1 N–H and O–H groups in total. The maximum Gasteiger partial charge on any atom is 0.0718 e. The summed E-state index contributed by atoms with van der Waals surface area (Å²) in [6.07, 6.45) is 2.33. The van der Waals surface area contributed by atoms with Crippen molar-refractivity contribution in [3.05, 3.63) is 0 Å². The van der Waals surface area contributed by atoms with E-state index in [1.165, 1.54) is 12.8 Å². The molecule has 0 aliphatic rings. The van der Waals surface area contributed by atoms with Crippen molar-refractivity contribution in [2.75, 3.05) is 13.1 Å². The highest BCUT2D eigenvalue weighted by atomic mass is 16.3. The molecule has 0 aromatic heterocycles. The third kappa shape index (κ3) is 6.91. The summed E-state index contributed by atoms with van der Waals surface area (Å²) < 4.78 is 0. The summed E-state index contributed by atoms with van der Waals surface area (Å²) in [4.78, 5) is 2.44. The van der Waals surface area contributed by atoms with E-state index in [4.69, 9.17) is 0 Å². The monoisotopic (exact) mass is 215 g/mol. The van der Waals surface area contributed by atoms with Gasteiger partial charge in [0.05, 0.1) is 5.60 Å². The molecule has 0 spiro atoms. The van der Waals surface area contributed by atoms with Crippen LogP contribution in [0.15, 0.2) is 0 Å². The molecule has 0 saturated heterocycles. The first-order chi connectivity index (χ1) is 6.80. The number of hydrogen-bond acceptors (Lipinski definition) is 2. The van der Waals surface area contributed by atoms with Gasteiger partial charge in [-0.2, -0.15) is 0 Å². The minimum Gasteiger partial charge on any atom is -0.389 e. The van der Waals surface area contributed by atoms with Crippen LogP contribution >= 0.6 is 0 Å². The molecule has 0 unspecified atom stereocenters.